The van der Waals surface area contributed by atoms with Crippen molar-refractivity contribution in [3.63, 3.8) is 0 Å². The van der Waals surface area contributed by atoms with Crippen LogP contribution < -0.4 is 5.73 Å². The fourth-order valence-electron chi connectivity index (χ4n) is 1.01. The molecule has 0 bridgehead atoms. The molecule has 0 aromatic heterocycles. The molecule has 0 fully saturated rings. The van der Waals surface area contributed by atoms with E-state index in [1.165, 1.54) is 11.1 Å². The maximum absolute atomic E-state index is 5.54. The largest absolute Gasteiger partial charge is 0.327 e. The average Bonchev–Trinajstić information content (AvgIpc) is 2.13. The van der Waals surface area contributed by atoms with Gasteiger partial charge in [-0.2, -0.15) is 0 Å². The quantitative estimate of drug-likeness (QED) is 0.582. The molecule has 0 unspecified atom stereocenters. The summed E-state index contributed by atoms with van der Waals surface area (Å²) in [7, 11) is 0. The van der Waals surface area contributed by atoms with Crippen molar-refractivity contribution < 1.29 is 0 Å². The molecule has 0 atom stereocenters. The lowest BCUT2D eigenvalue weighted by Crippen LogP contribution is -2.03. The number of nitrogens with two attached hydrogens (primary N) is 1. The predicted molar refractivity (Wildman–Crippen MR) is 44.7 cm³/mol. The Kier molecular flexibility index (Phi) is 2.46. The molecule has 0 heterocycles. The van der Waals surface area contributed by atoms with Crippen molar-refractivity contribution in [3.05, 3.63) is 35.5 Å². The van der Waals surface area contributed by atoms with Gasteiger partial charge in [0, 0.05) is 6.54 Å². The minimum atomic E-state index is 0.681. The van der Waals surface area contributed by atoms with Gasteiger partial charge in [0.05, 0.1) is 0 Å². The Balaban J connectivity index is 2.82. The molecule has 0 radical (unpaired) electrons. The summed E-state index contributed by atoms with van der Waals surface area (Å²) < 4.78 is 0. The highest BCUT2D eigenvalue weighted by Crippen LogP contribution is 2.12. The normalized spacial score (nSPS) is 17.8. The molecule has 0 spiro atoms. The van der Waals surface area contributed by atoms with Crippen molar-refractivity contribution in [2.75, 3.05) is 6.54 Å². The zero-order valence-electron chi connectivity index (χ0n) is 6.30. The van der Waals surface area contributed by atoms with Gasteiger partial charge in [0.15, 0.2) is 0 Å². The second-order valence-electron chi connectivity index (χ2n) is 2.48. The summed E-state index contributed by atoms with van der Waals surface area (Å²) in [5.74, 6) is 0. The third-order valence-electron chi connectivity index (χ3n) is 1.76. The van der Waals surface area contributed by atoms with Crippen LogP contribution in [-0.2, 0) is 0 Å². The number of allylic oxidation sites excluding steroid dienone is 5. The maximum Gasteiger partial charge on any atom is 0.0145 e. The zero-order chi connectivity index (χ0) is 7.40. The highest BCUT2D eigenvalue weighted by molar-refractivity contribution is 5.31. The van der Waals surface area contributed by atoms with Gasteiger partial charge >= 0.3 is 0 Å². The summed E-state index contributed by atoms with van der Waals surface area (Å²) in [5, 5.41) is 0. The number of hydrogen-bond acceptors (Lipinski definition) is 1. The highest BCUT2D eigenvalue weighted by atomic mass is 14.5. The van der Waals surface area contributed by atoms with E-state index in [0.29, 0.717) is 6.54 Å². The van der Waals surface area contributed by atoms with Crippen LogP contribution in [0, 0.1) is 0 Å². The lowest BCUT2D eigenvalue weighted by atomic mass is 10.1. The molecule has 10 heavy (non-hydrogen) atoms. The Morgan fingerprint density at radius 2 is 2.30 bits per heavy atom. The monoisotopic (exact) mass is 135 g/mol. The average molecular weight is 135 g/mol. The molecule has 1 aliphatic rings. The molecular weight excluding hydrogens is 122 g/mol. The highest BCUT2D eigenvalue weighted by Gasteiger charge is 1.96. The summed E-state index contributed by atoms with van der Waals surface area (Å²) in [6, 6.07) is 0. The topological polar surface area (TPSA) is 26.0 Å². The van der Waals surface area contributed by atoms with E-state index in [1.807, 2.05) is 0 Å². The van der Waals surface area contributed by atoms with Crippen LogP contribution in [0.25, 0.3) is 0 Å². The van der Waals surface area contributed by atoms with Gasteiger partial charge in [0.1, 0.15) is 0 Å². The number of rotatable bonds is 1. The van der Waals surface area contributed by atoms with Crippen molar-refractivity contribution in [2.24, 2.45) is 5.73 Å². The molecule has 0 amide bonds. The summed E-state index contributed by atoms with van der Waals surface area (Å²) >= 11 is 0. The first-order chi connectivity index (χ1) is 4.84. The molecule has 2 N–H and O–H groups in total. The Hall–Kier alpha value is -0.820. The third kappa shape index (κ3) is 1.58. The molecule has 0 aliphatic heterocycles. The van der Waals surface area contributed by atoms with Crippen molar-refractivity contribution in [1.29, 1.82) is 0 Å². The molecule has 0 aromatic carbocycles. The van der Waals surface area contributed by atoms with E-state index in [1.54, 1.807) is 0 Å². The molecule has 1 heteroatoms. The summed E-state index contributed by atoms with van der Waals surface area (Å²) in [6.45, 7) is 2.78. The van der Waals surface area contributed by atoms with E-state index in [2.05, 4.69) is 31.2 Å². The first-order valence-electron chi connectivity index (χ1n) is 3.56. The summed E-state index contributed by atoms with van der Waals surface area (Å²) in [5.41, 5.74) is 8.19. The van der Waals surface area contributed by atoms with E-state index in [0.717, 1.165) is 6.42 Å². The van der Waals surface area contributed by atoms with Crippen LogP contribution in [0.3, 0.4) is 0 Å². The van der Waals surface area contributed by atoms with Gasteiger partial charge < -0.3 is 5.73 Å². The van der Waals surface area contributed by atoms with Crippen LogP contribution >= 0.6 is 0 Å². The minimum absolute atomic E-state index is 0.681. The van der Waals surface area contributed by atoms with E-state index in [-0.39, 0.29) is 0 Å². The van der Waals surface area contributed by atoms with Gasteiger partial charge in [-0.3, -0.25) is 0 Å². The second kappa shape index (κ2) is 3.37. The van der Waals surface area contributed by atoms with Gasteiger partial charge in [-0.15, -0.1) is 0 Å². The summed E-state index contributed by atoms with van der Waals surface area (Å²) in [4.78, 5) is 0. The van der Waals surface area contributed by atoms with Crippen LogP contribution in [0.5, 0.6) is 0 Å². The molecule has 1 rings (SSSR count). The first kappa shape index (κ1) is 7.29. The maximum atomic E-state index is 5.54. The predicted octanol–water partition coefficient (Wildman–Crippen LogP) is 1.78. The van der Waals surface area contributed by atoms with Crippen LogP contribution in [0.1, 0.15) is 13.3 Å². The van der Waals surface area contributed by atoms with Gasteiger partial charge in [-0.1, -0.05) is 29.9 Å². The van der Waals surface area contributed by atoms with E-state index in [9.17, 15) is 0 Å². The van der Waals surface area contributed by atoms with Crippen molar-refractivity contribution in [1.82, 2.24) is 0 Å². The van der Waals surface area contributed by atoms with Crippen molar-refractivity contribution in [2.45, 2.75) is 13.3 Å². The lowest BCUT2D eigenvalue weighted by Gasteiger charge is -2.01. The van der Waals surface area contributed by atoms with Gasteiger partial charge in [-0.25, -0.2) is 0 Å². The molecule has 0 saturated heterocycles. The smallest absolute Gasteiger partial charge is 0.0145 e. The van der Waals surface area contributed by atoms with Crippen molar-refractivity contribution in [3.8, 4) is 0 Å². The Morgan fingerprint density at radius 1 is 1.50 bits per heavy atom. The second-order valence-corrected chi connectivity index (χ2v) is 2.48. The van der Waals surface area contributed by atoms with Crippen LogP contribution in [-0.4, -0.2) is 6.54 Å². The molecular formula is C9H13N. The molecule has 1 nitrogen and oxygen atoms in total. The first-order valence-corrected chi connectivity index (χ1v) is 3.56. The molecule has 54 valence electrons. The van der Waals surface area contributed by atoms with Crippen LogP contribution in [0.4, 0.5) is 0 Å². The van der Waals surface area contributed by atoms with E-state index in [4.69, 9.17) is 5.73 Å². The standard InChI is InChI=1S/C9H13N/c1-8-5-3-2-4-6-9(8)7-10/h2-5H,6-7,10H2,1H3. The van der Waals surface area contributed by atoms with Gasteiger partial charge in [0.2, 0.25) is 0 Å². The van der Waals surface area contributed by atoms with Crippen molar-refractivity contribution >= 4 is 0 Å². The van der Waals surface area contributed by atoms with Crippen LogP contribution in [0.2, 0.25) is 0 Å². The molecule has 0 saturated carbocycles. The molecule has 1 aliphatic carbocycles. The fraction of sp³-hybridized carbons (Fsp3) is 0.333. The third-order valence-corrected chi connectivity index (χ3v) is 1.76. The van der Waals surface area contributed by atoms with Crippen LogP contribution in [0.15, 0.2) is 35.5 Å². The SMILES string of the molecule is CC1=C(CN)CC=CC=C1. The minimum Gasteiger partial charge on any atom is -0.327 e. The fourth-order valence-corrected chi connectivity index (χ4v) is 1.01. The Labute approximate surface area is 61.9 Å². The lowest BCUT2D eigenvalue weighted by molar-refractivity contribution is 1.04. The Morgan fingerprint density at radius 3 is 3.00 bits per heavy atom. The summed E-state index contributed by atoms with van der Waals surface area (Å²) in [6.07, 6.45) is 9.36. The van der Waals surface area contributed by atoms with Gasteiger partial charge in [-0.05, 0) is 18.9 Å². The number of hydrogen-bond donors (Lipinski definition) is 1. The Bertz CT molecular complexity index is 197. The molecule has 0 aromatic rings. The van der Waals surface area contributed by atoms with E-state index < -0.39 is 0 Å². The van der Waals surface area contributed by atoms with Gasteiger partial charge in [0.25, 0.3) is 0 Å². The zero-order valence-corrected chi connectivity index (χ0v) is 6.30. The van der Waals surface area contributed by atoms with E-state index >= 15 is 0 Å².